The molecule has 0 fully saturated rings. The van der Waals surface area contributed by atoms with Crippen molar-refractivity contribution in [3.63, 3.8) is 0 Å². The summed E-state index contributed by atoms with van der Waals surface area (Å²) in [5.41, 5.74) is 3.25. The van der Waals surface area contributed by atoms with Gasteiger partial charge in [-0.05, 0) is 17.7 Å². The fourth-order valence-electron chi connectivity index (χ4n) is 1.66. The summed E-state index contributed by atoms with van der Waals surface area (Å²) in [6, 6.07) is 16.3. The minimum atomic E-state index is 0.478. The monoisotopic (exact) mass is 225 g/mol. The van der Waals surface area contributed by atoms with Crippen molar-refractivity contribution < 1.29 is 4.74 Å². The summed E-state index contributed by atoms with van der Waals surface area (Å²) in [5, 5.41) is 0. The molecule has 0 saturated carbocycles. The van der Waals surface area contributed by atoms with Crippen LogP contribution in [0.2, 0.25) is 0 Å². The Morgan fingerprint density at radius 2 is 1.76 bits per heavy atom. The van der Waals surface area contributed by atoms with Gasteiger partial charge in [0.2, 0.25) is 0 Å². The molecule has 0 saturated heterocycles. The quantitative estimate of drug-likeness (QED) is 0.728. The standard InChI is InChI=1S/C15H15NO/c1-2-17-12-15-10-6-9-14(16-15)11-13-7-4-3-5-8-13/h2-10H,1,11-12H2. The van der Waals surface area contributed by atoms with Crippen LogP contribution >= 0.6 is 0 Å². The predicted octanol–water partition coefficient (Wildman–Crippen LogP) is 3.33. The first-order chi connectivity index (χ1) is 8.38. The zero-order valence-corrected chi connectivity index (χ0v) is 9.67. The average molecular weight is 225 g/mol. The van der Waals surface area contributed by atoms with E-state index in [1.807, 2.05) is 36.4 Å². The van der Waals surface area contributed by atoms with Crippen LogP contribution in [0, 0.1) is 0 Å². The van der Waals surface area contributed by atoms with E-state index in [9.17, 15) is 0 Å². The summed E-state index contributed by atoms with van der Waals surface area (Å²) in [5.74, 6) is 0. The van der Waals surface area contributed by atoms with E-state index in [1.165, 1.54) is 11.8 Å². The molecule has 2 nitrogen and oxygen atoms in total. The Bertz CT molecular complexity index is 479. The van der Waals surface area contributed by atoms with Crippen LogP contribution in [0.15, 0.2) is 61.4 Å². The highest BCUT2D eigenvalue weighted by Crippen LogP contribution is 2.08. The number of pyridine rings is 1. The van der Waals surface area contributed by atoms with Gasteiger partial charge in [0.15, 0.2) is 0 Å². The first kappa shape index (κ1) is 11.4. The van der Waals surface area contributed by atoms with E-state index in [0.29, 0.717) is 6.61 Å². The molecule has 1 aromatic carbocycles. The topological polar surface area (TPSA) is 22.1 Å². The van der Waals surface area contributed by atoms with Crippen LogP contribution in [-0.2, 0) is 17.8 Å². The highest BCUT2D eigenvalue weighted by atomic mass is 16.5. The van der Waals surface area contributed by atoms with Gasteiger partial charge in [-0.15, -0.1) is 0 Å². The summed E-state index contributed by atoms with van der Waals surface area (Å²) in [7, 11) is 0. The van der Waals surface area contributed by atoms with Gasteiger partial charge >= 0.3 is 0 Å². The molecule has 0 atom stereocenters. The summed E-state index contributed by atoms with van der Waals surface area (Å²) >= 11 is 0. The Balaban J connectivity index is 2.08. The van der Waals surface area contributed by atoms with Crippen molar-refractivity contribution >= 4 is 0 Å². The van der Waals surface area contributed by atoms with E-state index in [2.05, 4.69) is 23.7 Å². The van der Waals surface area contributed by atoms with Gasteiger partial charge in [-0.3, -0.25) is 4.98 Å². The highest BCUT2D eigenvalue weighted by molar-refractivity contribution is 5.22. The third kappa shape index (κ3) is 3.45. The van der Waals surface area contributed by atoms with E-state index in [0.717, 1.165) is 17.8 Å². The second kappa shape index (κ2) is 5.85. The van der Waals surface area contributed by atoms with Gasteiger partial charge in [-0.25, -0.2) is 0 Å². The van der Waals surface area contributed by atoms with Crippen LogP contribution in [0.25, 0.3) is 0 Å². The fraction of sp³-hybridized carbons (Fsp3) is 0.133. The van der Waals surface area contributed by atoms with Crippen LogP contribution in [-0.4, -0.2) is 4.98 Å². The lowest BCUT2D eigenvalue weighted by atomic mass is 10.1. The Hall–Kier alpha value is -2.09. The van der Waals surface area contributed by atoms with Gasteiger partial charge in [0.25, 0.3) is 0 Å². The number of ether oxygens (including phenoxy) is 1. The van der Waals surface area contributed by atoms with Crippen LogP contribution in [0.4, 0.5) is 0 Å². The second-order valence-corrected chi connectivity index (χ2v) is 3.76. The minimum absolute atomic E-state index is 0.478. The number of hydrogen-bond acceptors (Lipinski definition) is 2. The van der Waals surface area contributed by atoms with Crippen molar-refractivity contribution in [1.82, 2.24) is 4.98 Å². The molecular weight excluding hydrogens is 210 g/mol. The van der Waals surface area contributed by atoms with E-state index >= 15 is 0 Å². The van der Waals surface area contributed by atoms with Gasteiger partial charge in [0.1, 0.15) is 6.61 Å². The van der Waals surface area contributed by atoms with Gasteiger partial charge < -0.3 is 4.74 Å². The molecular formula is C15H15NO. The predicted molar refractivity (Wildman–Crippen MR) is 68.5 cm³/mol. The minimum Gasteiger partial charge on any atom is -0.496 e. The van der Waals surface area contributed by atoms with Gasteiger partial charge in [0, 0.05) is 12.1 Å². The fourth-order valence-corrected chi connectivity index (χ4v) is 1.66. The molecule has 86 valence electrons. The number of aromatic nitrogens is 1. The molecule has 0 aliphatic carbocycles. The van der Waals surface area contributed by atoms with Crippen molar-refractivity contribution in [1.29, 1.82) is 0 Å². The lowest BCUT2D eigenvalue weighted by Gasteiger charge is -2.04. The molecule has 1 aromatic heterocycles. The molecule has 2 rings (SSSR count). The molecule has 0 spiro atoms. The van der Waals surface area contributed by atoms with Crippen LogP contribution in [0.1, 0.15) is 17.0 Å². The third-order valence-corrected chi connectivity index (χ3v) is 2.44. The average Bonchev–Trinajstić information content (AvgIpc) is 2.38. The number of nitrogens with zero attached hydrogens (tertiary/aromatic N) is 1. The molecule has 2 aromatic rings. The van der Waals surface area contributed by atoms with Crippen LogP contribution < -0.4 is 0 Å². The molecule has 17 heavy (non-hydrogen) atoms. The van der Waals surface area contributed by atoms with E-state index in [4.69, 9.17) is 4.74 Å². The second-order valence-electron chi connectivity index (χ2n) is 3.76. The summed E-state index contributed by atoms with van der Waals surface area (Å²) in [6.07, 6.45) is 2.29. The first-order valence-electron chi connectivity index (χ1n) is 5.60. The van der Waals surface area contributed by atoms with Crippen molar-refractivity contribution in [2.24, 2.45) is 0 Å². The highest BCUT2D eigenvalue weighted by Gasteiger charge is 1.99. The zero-order chi connectivity index (χ0) is 11.9. The zero-order valence-electron chi connectivity index (χ0n) is 9.67. The molecule has 0 N–H and O–H groups in total. The number of rotatable bonds is 5. The summed E-state index contributed by atoms with van der Waals surface area (Å²) < 4.78 is 5.13. The molecule has 2 heteroatoms. The Morgan fingerprint density at radius 3 is 2.53 bits per heavy atom. The number of benzene rings is 1. The molecule has 0 bridgehead atoms. The third-order valence-electron chi connectivity index (χ3n) is 2.44. The van der Waals surface area contributed by atoms with Crippen molar-refractivity contribution in [3.8, 4) is 0 Å². The maximum absolute atomic E-state index is 5.13. The Labute approximate surface area is 102 Å². The van der Waals surface area contributed by atoms with Gasteiger partial charge in [-0.2, -0.15) is 0 Å². The van der Waals surface area contributed by atoms with E-state index in [-0.39, 0.29) is 0 Å². The summed E-state index contributed by atoms with van der Waals surface area (Å²) in [4.78, 5) is 4.53. The van der Waals surface area contributed by atoms with Gasteiger partial charge in [0.05, 0.1) is 12.0 Å². The molecule has 0 aliphatic heterocycles. The molecule has 0 amide bonds. The lowest BCUT2D eigenvalue weighted by Crippen LogP contribution is -1.97. The first-order valence-corrected chi connectivity index (χ1v) is 5.60. The van der Waals surface area contributed by atoms with Crippen molar-refractivity contribution in [2.45, 2.75) is 13.0 Å². The molecule has 0 unspecified atom stereocenters. The van der Waals surface area contributed by atoms with E-state index < -0.39 is 0 Å². The Kier molecular flexibility index (Phi) is 3.92. The molecule has 1 heterocycles. The number of hydrogen-bond donors (Lipinski definition) is 0. The molecule has 0 radical (unpaired) electrons. The van der Waals surface area contributed by atoms with Crippen LogP contribution in [0.3, 0.4) is 0 Å². The Morgan fingerprint density at radius 1 is 1.00 bits per heavy atom. The van der Waals surface area contributed by atoms with Crippen molar-refractivity contribution in [2.75, 3.05) is 0 Å². The SMILES string of the molecule is C=COCc1cccc(Cc2ccccc2)n1. The normalized spacial score (nSPS) is 9.88. The maximum atomic E-state index is 5.13. The summed E-state index contributed by atoms with van der Waals surface area (Å²) in [6.45, 7) is 3.99. The largest absolute Gasteiger partial charge is 0.496 e. The smallest absolute Gasteiger partial charge is 0.129 e. The lowest BCUT2D eigenvalue weighted by molar-refractivity contribution is 0.233. The maximum Gasteiger partial charge on any atom is 0.129 e. The molecule has 0 aliphatic rings. The van der Waals surface area contributed by atoms with Crippen molar-refractivity contribution in [3.05, 3.63) is 78.3 Å². The van der Waals surface area contributed by atoms with Gasteiger partial charge in [-0.1, -0.05) is 43.0 Å². The van der Waals surface area contributed by atoms with E-state index in [1.54, 1.807) is 0 Å². The van der Waals surface area contributed by atoms with Crippen LogP contribution in [0.5, 0.6) is 0 Å².